The summed E-state index contributed by atoms with van der Waals surface area (Å²) in [4.78, 5) is 47.9. The molecule has 6 rings (SSSR count). The Balaban J connectivity index is 1.32. The molecular formula is C30H32N4O4S. The van der Waals surface area contributed by atoms with Crippen molar-refractivity contribution in [1.82, 2.24) is 14.7 Å². The van der Waals surface area contributed by atoms with Gasteiger partial charge >= 0.3 is 18.0 Å². The fraction of sp³-hybridized carbons (Fsp3) is 0.367. The van der Waals surface area contributed by atoms with E-state index in [1.807, 2.05) is 77.0 Å². The van der Waals surface area contributed by atoms with Crippen molar-refractivity contribution < 1.29 is 19.5 Å². The zero-order chi connectivity index (χ0) is 27.1. The van der Waals surface area contributed by atoms with Crippen molar-refractivity contribution >= 4 is 40.7 Å². The molecule has 2 aromatic carbocycles. The lowest BCUT2D eigenvalue weighted by atomic mass is 10.0. The van der Waals surface area contributed by atoms with Crippen LogP contribution in [0.5, 0.6) is 0 Å². The molecule has 1 saturated carbocycles. The Labute approximate surface area is 232 Å². The number of hydrogen-bond donors (Lipinski definition) is 1. The summed E-state index contributed by atoms with van der Waals surface area (Å²) in [5.41, 5.74) is 2.18. The molecule has 0 radical (unpaired) electrons. The molecule has 2 saturated heterocycles. The molecule has 4 amide bonds. The van der Waals surface area contributed by atoms with E-state index in [1.54, 1.807) is 21.1 Å². The molecular weight excluding hydrogens is 512 g/mol. The number of fused-ring (bicyclic) bond motifs is 2. The van der Waals surface area contributed by atoms with Gasteiger partial charge in [-0.3, -0.25) is 4.90 Å². The normalized spacial score (nSPS) is 22.8. The number of piperazine rings is 1. The van der Waals surface area contributed by atoms with Gasteiger partial charge in [0.1, 0.15) is 0 Å². The summed E-state index contributed by atoms with van der Waals surface area (Å²) < 4.78 is 0. The fourth-order valence-electron chi connectivity index (χ4n) is 6.04. The standard InChI is InChI=1S/C30H32N4O4S/c1-30(15-16-30)32(18-21-14-17-39-20-21)29(38)34-24-12-13-25(34)26(27(35)36)31(19-24)28(37)33(22-8-4-2-5-9-22)23-10-6-3-7-11-23/h2-11,14,17,20,24-26H,12-13,15-16,18-19H2,1H3,(H,35,36)/t24-,25+,26-/m0/s1. The van der Waals surface area contributed by atoms with E-state index in [2.05, 4.69) is 12.3 Å². The van der Waals surface area contributed by atoms with Crippen LogP contribution in [0.15, 0.2) is 77.5 Å². The van der Waals surface area contributed by atoms with Crippen LogP contribution < -0.4 is 4.90 Å². The zero-order valence-electron chi connectivity index (χ0n) is 21.8. The highest BCUT2D eigenvalue weighted by Gasteiger charge is 2.56. The number of carbonyl (C=O) groups is 3. The maximum absolute atomic E-state index is 14.2. The van der Waals surface area contributed by atoms with Crippen molar-refractivity contribution in [2.45, 2.75) is 62.8 Å². The predicted molar refractivity (Wildman–Crippen MR) is 150 cm³/mol. The van der Waals surface area contributed by atoms with Crippen molar-refractivity contribution in [2.75, 3.05) is 11.4 Å². The zero-order valence-corrected chi connectivity index (χ0v) is 22.7. The number of carboxylic acid groups (broad SMARTS) is 1. The first-order valence-corrected chi connectivity index (χ1v) is 14.4. The number of anilines is 2. The Hall–Kier alpha value is -3.85. The molecule has 8 nitrogen and oxygen atoms in total. The van der Waals surface area contributed by atoms with E-state index in [4.69, 9.17) is 0 Å². The Kier molecular flexibility index (Phi) is 6.54. The van der Waals surface area contributed by atoms with Crippen LogP contribution in [0.25, 0.3) is 0 Å². The van der Waals surface area contributed by atoms with Gasteiger partial charge in [-0.25, -0.2) is 14.4 Å². The molecule has 3 fully saturated rings. The molecule has 3 aliphatic rings. The van der Waals surface area contributed by atoms with E-state index in [0.29, 0.717) is 30.8 Å². The van der Waals surface area contributed by atoms with E-state index in [-0.39, 0.29) is 24.2 Å². The van der Waals surface area contributed by atoms with Crippen molar-refractivity contribution in [2.24, 2.45) is 0 Å². The summed E-state index contributed by atoms with van der Waals surface area (Å²) in [7, 11) is 0. The highest BCUT2D eigenvalue weighted by atomic mass is 32.1. The van der Waals surface area contributed by atoms with E-state index < -0.39 is 24.1 Å². The minimum Gasteiger partial charge on any atom is -0.480 e. The third-order valence-corrected chi connectivity index (χ3v) is 9.10. The second-order valence-electron chi connectivity index (χ2n) is 10.9. The van der Waals surface area contributed by atoms with Gasteiger partial charge in [-0.2, -0.15) is 11.3 Å². The number of nitrogens with zero attached hydrogens (tertiary/aromatic N) is 4. The molecule has 1 aliphatic carbocycles. The average Bonchev–Trinajstić information content (AvgIpc) is 3.33. The molecule has 39 heavy (non-hydrogen) atoms. The van der Waals surface area contributed by atoms with Gasteiger partial charge in [0.15, 0.2) is 6.04 Å². The highest BCUT2D eigenvalue weighted by molar-refractivity contribution is 7.07. The average molecular weight is 545 g/mol. The van der Waals surface area contributed by atoms with Crippen LogP contribution in [0.4, 0.5) is 21.0 Å². The number of aliphatic carboxylic acids is 1. The van der Waals surface area contributed by atoms with Gasteiger partial charge in [0.05, 0.1) is 23.5 Å². The highest BCUT2D eigenvalue weighted by Crippen LogP contribution is 2.45. The van der Waals surface area contributed by atoms with Gasteiger partial charge < -0.3 is 19.8 Å². The van der Waals surface area contributed by atoms with Crippen LogP contribution in [0, 0.1) is 0 Å². The molecule has 202 valence electrons. The molecule has 2 aliphatic heterocycles. The minimum absolute atomic E-state index is 0.116. The number of carboxylic acids is 1. The van der Waals surface area contributed by atoms with Crippen LogP contribution in [-0.2, 0) is 11.3 Å². The van der Waals surface area contributed by atoms with Crippen molar-refractivity contribution in [1.29, 1.82) is 0 Å². The van der Waals surface area contributed by atoms with Crippen molar-refractivity contribution in [3.05, 3.63) is 83.1 Å². The topological polar surface area (TPSA) is 84.4 Å². The number of likely N-dealkylation sites (tertiary alicyclic amines) is 1. The number of carbonyl (C=O) groups excluding carboxylic acids is 2. The largest absolute Gasteiger partial charge is 0.480 e. The Morgan fingerprint density at radius 1 is 0.949 bits per heavy atom. The first kappa shape index (κ1) is 25.4. The maximum Gasteiger partial charge on any atom is 0.329 e. The van der Waals surface area contributed by atoms with Crippen molar-refractivity contribution in [3.63, 3.8) is 0 Å². The fourth-order valence-corrected chi connectivity index (χ4v) is 6.70. The number of hydrogen-bond acceptors (Lipinski definition) is 4. The number of rotatable bonds is 6. The maximum atomic E-state index is 14.2. The number of amides is 4. The Bertz CT molecular complexity index is 1310. The summed E-state index contributed by atoms with van der Waals surface area (Å²) in [6.07, 6.45) is 3.09. The van der Waals surface area contributed by atoms with Crippen LogP contribution in [0.1, 0.15) is 38.2 Å². The van der Waals surface area contributed by atoms with E-state index in [1.165, 1.54) is 4.90 Å². The number of para-hydroxylation sites is 2. The second kappa shape index (κ2) is 10.0. The number of benzene rings is 2. The summed E-state index contributed by atoms with van der Waals surface area (Å²) in [5, 5.41) is 14.5. The lowest BCUT2D eigenvalue weighted by Crippen LogP contribution is -2.68. The Morgan fingerprint density at radius 3 is 2.13 bits per heavy atom. The molecule has 2 bridgehead atoms. The van der Waals surface area contributed by atoms with E-state index >= 15 is 0 Å². The molecule has 9 heteroatoms. The van der Waals surface area contributed by atoms with Crippen LogP contribution in [0.3, 0.4) is 0 Å². The summed E-state index contributed by atoms with van der Waals surface area (Å²) >= 11 is 1.60. The van der Waals surface area contributed by atoms with Crippen molar-refractivity contribution in [3.8, 4) is 0 Å². The van der Waals surface area contributed by atoms with Gasteiger partial charge in [-0.15, -0.1) is 0 Å². The van der Waals surface area contributed by atoms with E-state index in [9.17, 15) is 19.5 Å². The lowest BCUT2D eigenvalue weighted by Gasteiger charge is -2.48. The first-order valence-electron chi connectivity index (χ1n) is 13.4. The van der Waals surface area contributed by atoms with Gasteiger partial charge in [0.2, 0.25) is 0 Å². The summed E-state index contributed by atoms with van der Waals surface area (Å²) in [5.74, 6) is -1.09. The van der Waals surface area contributed by atoms with Gasteiger partial charge in [-0.1, -0.05) is 36.4 Å². The lowest BCUT2D eigenvalue weighted by molar-refractivity contribution is -0.145. The first-order chi connectivity index (χ1) is 18.9. The number of urea groups is 2. The molecule has 1 aromatic heterocycles. The number of thiophene rings is 1. The molecule has 3 atom stereocenters. The smallest absolute Gasteiger partial charge is 0.329 e. The molecule has 1 N–H and O–H groups in total. The minimum atomic E-state index is -1.13. The third kappa shape index (κ3) is 4.65. The van der Waals surface area contributed by atoms with Gasteiger partial charge in [0, 0.05) is 18.6 Å². The molecule has 0 unspecified atom stereocenters. The predicted octanol–water partition coefficient (Wildman–Crippen LogP) is 5.78. The quantitative estimate of drug-likeness (QED) is 0.426. The van der Waals surface area contributed by atoms with Crippen LogP contribution in [-0.4, -0.2) is 68.0 Å². The van der Waals surface area contributed by atoms with Gasteiger partial charge in [-0.05, 0) is 79.3 Å². The molecule has 0 spiro atoms. The Morgan fingerprint density at radius 2 is 1.59 bits per heavy atom. The monoisotopic (exact) mass is 544 g/mol. The van der Waals surface area contributed by atoms with Gasteiger partial charge in [0.25, 0.3) is 0 Å². The van der Waals surface area contributed by atoms with Crippen LogP contribution in [0.2, 0.25) is 0 Å². The molecule has 3 aromatic rings. The SMILES string of the molecule is CC1(N(Cc2ccsc2)C(=O)N2[C@H]3CC[C@@H]2[C@@H](C(=O)O)N(C(=O)N(c2ccccc2)c2ccccc2)C3)CC1. The van der Waals surface area contributed by atoms with Crippen LogP contribution >= 0.6 is 11.3 Å². The third-order valence-electron chi connectivity index (χ3n) is 8.37. The van der Waals surface area contributed by atoms with E-state index in [0.717, 1.165) is 18.4 Å². The summed E-state index contributed by atoms with van der Waals surface area (Å²) in [6.45, 7) is 2.79. The molecule has 3 heterocycles. The summed E-state index contributed by atoms with van der Waals surface area (Å²) in [6, 6.07) is 18.1. The second-order valence-corrected chi connectivity index (χ2v) is 11.7.